The van der Waals surface area contributed by atoms with Gasteiger partial charge in [-0.3, -0.25) is 52.7 Å². The van der Waals surface area contributed by atoms with E-state index in [-0.39, 0.29) is 18.8 Å². The summed E-state index contributed by atoms with van der Waals surface area (Å²) in [6, 6.07) is -5.73. The smallest absolute Gasteiger partial charge is 0.328 e. The number of carbonyl (C=O) groups is 12. The molecule has 0 saturated carbocycles. The maximum Gasteiger partial charge on any atom is 0.328 e. The molecule has 0 aliphatic heterocycles. The van der Waals surface area contributed by atoms with E-state index in [9.17, 15) is 72.9 Å². The lowest BCUT2D eigenvalue weighted by molar-refractivity contribution is -0.143. The first kappa shape index (κ1) is 61.7. The molecule has 0 unspecified atom stereocenters. The van der Waals surface area contributed by atoms with Crippen LogP contribution in [0.5, 0.6) is 0 Å². The number of benzene rings is 1. The third-order valence-corrected chi connectivity index (χ3v) is 10.5. The first-order chi connectivity index (χ1) is 33.3. The number of rotatable bonds is 32. The molecule has 0 aliphatic carbocycles. The highest BCUT2D eigenvalue weighted by Gasteiger charge is 2.35. The molecule has 0 saturated heterocycles. The minimum absolute atomic E-state index is 0.00783. The molecule has 28 heteroatoms. The van der Waals surface area contributed by atoms with Crippen molar-refractivity contribution in [2.45, 2.75) is 121 Å². The predicted octanol–water partition coefficient (Wildman–Crippen LogP) is -7.52. The number of hydrogen-bond acceptors (Lipinski definition) is 16. The molecule has 0 aliphatic rings. The fourth-order valence-electron chi connectivity index (χ4n) is 6.30. The number of aliphatic hydroxyl groups is 3. The molecule has 0 aromatic heterocycles. The van der Waals surface area contributed by atoms with Crippen LogP contribution in [0.15, 0.2) is 30.3 Å². The van der Waals surface area contributed by atoms with Crippen LogP contribution in [0.2, 0.25) is 0 Å². The average Bonchev–Trinajstić information content (AvgIpc) is 3.31. The van der Waals surface area contributed by atoms with Gasteiger partial charge in [0, 0.05) is 6.42 Å². The van der Waals surface area contributed by atoms with Gasteiger partial charge in [0.25, 0.3) is 0 Å². The summed E-state index contributed by atoms with van der Waals surface area (Å²) >= 11 is 0. The number of nitrogens with two attached hydrogens (primary N) is 3. The molecule has 71 heavy (non-hydrogen) atoms. The van der Waals surface area contributed by atoms with E-state index in [0.29, 0.717) is 12.0 Å². The zero-order valence-corrected chi connectivity index (χ0v) is 40.0. The summed E-state index contributed by atoms with van der Waals surface area (Å²) in [5, 5.41) is 58.1. The highest BCUT2D eigenvalue weighted by Crippen LogP contribution is 2.12. The third-order valence-electron chi connectivity index (χ3n) is 10.5. The van der Waals surface area contributed by atoms with Crippen molar-refractivity contribution in [1.29, 1.82) is 0 Å². The Balaban J connectivity index is 3.19. The lowest BCUT2D eigenvalue weighted by atomic mass is 9.96. The number of amides is 11. The molecule has 19 N–H and O–H groups in total. The number of aliphatic carboxylic acids is 1. The second-order valence-corrected chi connectivity index (χ2v) is 16.9. The highest BCUT2D eigenvalue weighted by atomic mass is 16.4. The van der Waals surface area contributed by atoms with E-state index in [1.165, 1.54) is 6.92 Å². The topological polar surface area (TPSA) is 472 Å². The van der Waals surface area contributed by atoms with Crippen molar-refractivity contribution < 1.29 is 78.0 Å². The summed E-state index contributed by atoms with van der Waals surface area (Å²) < 4.78 is 0. The predicted molar refractivity (Wildman–Crippen MR) is 248 cm³/mol. The van der Waals surface area contributed by atoms with E-state index in [1.807, 2.05) is 5.32 Å². The first-order valence-electron chi connectivity index (χ1n) is 22.4. The second kappa shape index (κ2) is 31.0. The lowest BCUT2D eigenvalue weighted by Crippen LogP contribution is -2.60. The molecule has 10 atom stereocenters. The van der Waals surface area contributed by atoms with Crippen LogP contribution in [-0.2, 0) is 64.0 Å². The van der Waals surface area contributed by atoms with E-state index in [0.717, 1.165) is 0 Å². The Morgan fingerprint density at radius 3 is 1.48 bits per heavy atom. The fourth-order valence-corrected chi connectivity index (χ4v) is 6.30. The Hall–Kier alpha value is -7.30. The van der Waals surface area contributed by atoms with E-state index in [4.69, 9.17) is 22.3 Å². The van der Waals surface area contributed by atoms with Crippen LogP contribution in [0.4, 0.5) is 0 Å². The molecular formula is C43H68N12O16. The summed E-state index contributed by atoms with van der Waals surface area (Å²) in [4.78, 5) is 154. The summed E-state index contributed by atoms with van der Waals surface area (Å²) in [6.45, 7) is 4.51. The van der Waals surface area contributed by atoms with E-state index >= 15 is 0 Å². The number of carboxylic acid groups (broad SMARTS) is 1. The Labute approximate surface area is 408 Å². The number of primary amides is 2. The number of hydrogen-bond donors (Lipinski definition) is 16. The molecule has 1 aromatic carbocycles. The quantitative estimate of drug-likeness (QED) is 0.0319. The minimum Gasteiger partial charge on any atom is -0.480 e. The van der Waals surface area contributed by atoms with Crippen LogP contribution < -0.4 is 65.1 Å². The normalized spacial score (nSPS) is 15.2. The maximum absolute atomic E-state index is 13.7. The van der Waals surface area contributed by atoms with Crippen molar-refractivity contribution in [3.05, 3.63) is 35.9 Å². The van der Waals surface area contributed by atoms with E-state index in [1.54, 1.807) is 58.0 Å². The van der Waals surface area contributed by atoms with E-state index < -0.39 is 170 Å². The molecule has 1 rings (SSSR count). The minimum atomic E-state index is -1.79. The summed E-state index contributed by atoms with van der Waals surface area (Å²) in [7, 11) is 0. The Morgan fingerprint density at radius 2 is 1.00 bits per heavy atom. The number of carboxylic acids is 1. The van der Waals surface area contributed by atoms with Gasteiger partial charge in [-0.1, -0.05) is 64.4 Å². The first-order valence-corrected chi connectivity index (χ1v) is 22.4. The van der Waals surface area contributed by atoms with Crippen molar-refractivity contribution >= 4 is 70.9 Å². The molecule has 1 aromatic rings. The van der Waals surface area contributed by atoms with Crippen LogP contribution in [0, 0.1) is 11.8 Å². The zero-order valence-electron chi connectivity index (χ0n) is 40.0. The van der Waals surface area contributed by atoms with E-state index in [2.05, 4.69) is 42.5 Å². The van der Waals surface area contributed by atoms with Gasteiger partial charge in [0.1, 0.15) is 54.4 Å². The van der Waals surface area contributed by atoms with Gasteiger partial charge in [-0.15, -0.1) is 0 Å². The van der Waals surface area contributed by atoms with Crippen molar-refractivity contribution in [3.63, 3.8) is 0 Å². The van der Waals surface area contributed by atoms with Crippen LogP contribution in [0.25, 0.3) is 0 Å². The molecule has 0 spiro atoms. The Morgan fingerprint density at radius 1 is 0.535 bits per heavy atom. The Bertz CT molecular complexity index is 2040. The molecule has 0 radical (unpaired) electrons. The van der Waals surface area contributed by atoms with Crippen LogP contribution >= 0.6 is 0 Å². The van der Waals surface area contributed by atoms with Gasteiger partial charge >= 0.3 is 5.97 Å². The third kappa shape index (κ3) is 22.3. The van der Waals surface area contributed by atoms with Crippen molar-refractivity contribution in [3.8, 4) is 0 Å². The van der Waals surface area contributed by atoms with Gasteiger partial charge in [0.15, 0.2) is 0 Å². The number of aliphatic hydroxyl groups excluding tert-OH is 3. The fraction of sp³-hybridized carbons (Fsp3) is 0.581. The van der Waals surface area contributed by atoms with Crippen LogP contribution in [0.1, 0.15) is 65.9 Å². The van der Waals surface area contributed by atoms with Gasteiger partial charge in [-0.25, -0.2) is 4.79 Å². The van der Waals surface area contributed by atoms with Crippen LogP contribution in [0.3, 0.4) is 0 Å². The largest absolute Gasteiger partial charge is 0.480 e. The van der Waals surface area contributed by atoms with Gasteiger partial charge in [0.05, 0.1) is 39.2 Å². The standard InChI is InChI=1S/C43H68N12O16/c1-6-21(4)34(42(69)52-25(12-20(2)3)38(65)53-29(18-57)41(68)54-30(19-58)43(70)71)55-35(62)22(5)48-33(61)16-47-37(64)26(13-23-10-8-7-9-11-23)50-40(67)28(15-32(46)60)51-39(66)27(14-31(45)59)49-36(63)24(44)17-56/h7-11,20-22,24-30,34,56-58H,6,12-19,44H2,1-5H3,(H2,45,59)(H2,46,60)(H,47,64)(H,48,61)(H,49,63)(H,50,67)(H,51,66)(H,52,69)(H,53,65)(H,54,68)(H,55,62)(H,70,71)/t21-,22-,24-,25-,26-,27-,28-,29-,30-,34-/m0/s1. The van der Waals surface area contributed by atoms with Gasteiger partial charge < -0.3 is 85.5 Å². The second-order valence-electron chi connectivity index (χ2n) is 16.9. The van der Waals surface area contributed by atoms with Crippen molar-refractivity contribution in [2.75, 3.05) is 26.4 Å². The molecule has 0 heterocycles. The molecule has 11 amide bonds. The zero-order chi connectivity index (χ0) is 54.1. The van der Waals surface area contributed by atoms with Crippen molar-refractivity contribution in [1.82, 2.24) is 47.9 Å². The van der Waals surface area contributed by atoms with Gasteiger partial charge in [-0.05, 0) is 30.7 Å². The van der Waals surface area contributed by atoms with Gasteiger partial charge in [0.2, 0.25) is 65.0 Å². The molecule has 0 bridgehead atoms. The molecular weight excluding hydrogens is 941 g/mol. The highest BCUT2D eigenvalue weighted by molar-refractivity contribution is 5.99. The number of nitrogens with one attached hydrogen (secondary N) is 9. The summed E-state index contributed by atoms with van der Waals surface area (Å²) in [5.41, 5.74) is 16.5. The molecule has 396 valence electrons. The molecule has 28 nitrogen and oxygen atoms in total. The Kier molecular flexibility index (Phi) is 27.0. The van der Waals surface area contributed by atoms with Gasteiger partial charge in [-0.2, -0.15) is 0 Å². The SMILES string of the molecule is CC[C@H](C)[C@H](NC(=O)[C@H](C)NC(=O)CNC(=O)[C@H](Cc1ccccc1)NC(=O)[C@H](CC(N)=O)NC(=O)[C@H](CC(N)=O)NC(=O)[C@@H](N)CO)C(=O)N[C@@H](CC(C)C)C(=O)N[C@@H](CO)C(=O)N[C@@H](CO)C(=O)O. The number of carbonyl (C=O) groups excluding carboxylic acids is 11. The van der Waals surface area contributed by atoms with Crippen LogP contribution in [-0.4, -0.2) is 172 Å². The summed E-state index contributed by atoms with van der Waals surface area (Å²) in [6.07, 6.45) is -1.49. The summed E-state index contributed by atoms with van der Waals surface area (Å²) in [5.74, 6) is -13.5. The molecule has 0 fully saturated rings. The maximum atomic E-state index is 13.7. The average molecular weight is 1010 g/mol. The monoisotopic (exact) mass is 1010 g/mol. The lowest BCUT2D eigenvalue weighted by Gasteiger charge is -2.29. The van der Waals surface area contributed by atoms with Crippen molar-refractivity contribution in [2.24, 2.45) is 29.0 Å².